The Balaban J connectivity index is 1.45. The number of benzene rings is 2. The number of fused-ring (bicyclic) bond motifs is 1. The summed E-state index contributed by atoms with van der Waals surface area (Å²) in [6.45, 7) is 0. The van der Waals surface area contributed by atoms with Crippen LogP contribution < -0.4 is 10.1 Å². The Morgan fingerprint density at radius 1 is 1.15 bits per heavy atom. The predicted molar refractivity (Wildman–Crippen MR) is 102 cm³/mol. The van der Waals surface area contributed by atoms with Gasteiger partial charge in [0.15, 0.2) is 0 Å². The van der Waals surface area contributed by atoms with Gasteiger partial charge >= 0.3 is 0 Å². The van der Waals surface area contributed by atoms with E-state index < -0.39 is 0 Å². The Morgan fingerprint density at radius 3 is 2.62 bits per heavy atom. The molecule has 0 radical (unpaired) electrons. The summed E-state index contributed by atoms with van der Waals surface area (Å²) in [5.74, 6) is 0.653. The van der Waals surface area contributed by atoms with Crippen molar-refractivity contribution in [3.8, 4) is 17.0 Å². The van der Waals surface area contributed by atoms with Crippen molar-refractivity contribution in [1.29, 1.82) is 0 Å². The summed E-state index contributed by atoms with van der Waals surface area (Å²) < 4.78 is 6.81. The lowest BCUT2D eigenvalue weighted by Crippen LogP contribution is -2.14. The molecule has 130 valence electrons. The molecular formula is C19H16N4O2S. The number of aromatic nitrogens is 3. The summed E-state index contributed by atoms with van der Waals surface area (Å²) in [4.78, 5) is 17.5. The molecule has 7 heteroatoms. The second-order valence-electron chi connectivity index (χ2n) is 5.70. The van der Waals surface area contributed by atoms with E-state index in [1.54, 1.807) is 11.6 Å². The minimum atomic E-state index is -0.115. The first-order valence-corrected chi connectivity index (χ1v) is 8.87. The lowest BCUT2D eigenvalue weighted by atomic mass is 10.1. The number of amides is 1. The number of hydrogen-bond acceptors (Lipinski definition) is 5. The van der Waals surface area contributed by atoms with Crippen molar-refractivity contribution < 1.29 is 9.53 Å². The zero-order valence-corrected chi connectivity index (χ0v) is 14.9. The fraction of sp³-hybridized carbons (Fsp3) is 0.105. The first kappa shape index (κ1) is 16.3. The van der Waals surface area contributed by atoms with E-state index in [9.17, 15) is 4.79 Å². The van der Waals surface area contributed by atoms with Gasteiger partial charge in [-0.15, -0.1) is 5.10 Å². The van der Waals surface area contributed by atoms with E-state index in [2.05, 4.69) is 15.4 Å². The number of nitrogens with zero attached hydrogens (tertiary/aromatic N) is 3. The van der Waals surface area contributed by atoms with Crippen LogP contribution in [-0.4, -0.2) is 27.6 Å². The van der Waals surface area contributed by atoms with E-state index in [1.165, 1.54) is 11.3 Å². The van der Waals surface area contributed by atoms with Gasteiger partial charge in [0.2, 0.25) is 16.0 Å². The number of methoxy groups -OCH3 is 1. The number of imidazole rings is 1. The van der Waals surface area contributed by atoms with Crippen molar-refractivity contribution in [2.75, 3.05) is 12.4 Å². The third-order valence-corrected chi connectivity index (χ3v) is 4.72. The molecule has 4 aromatic rings. The molecule has 0 spiro atoms. The molecule has 0 aliphatic carbocycles. The lowest BCUT2D eigenvalue weighted by Gasteiger charge is -2.03. The molecule has 0 aliphatic heterocycles. The third-order valence-electron chi connectivity index (χ3n) is 3.88. The molecule has 0 saturated carbocycles. The van der Waals surface area contributed by atoms with E-state index in [1.807, 2.05) is 60.8 Å². The number of ether oxygens (including phenoxy) is 1. The smallest absolute Gasteiger partial charge is 0.230 e. The van der Waals surface area contributed by atoms with Crippen LogP contribution in [-0.2, 0) is 11.2 Å². The monoisotopic (exact) mass is 364 g/mol. The second kappa shape index (κ2) is 6.97. The van der Waals surface area contributed by atoms with Crippen LogP contribution in [0.25, 0.3) is 16.2 Å². The minimum absolute atomic E-state index is 0.115. The number of carbonyl (C=O) groups is 1. The molecule has 0 aliphatic rings. The van der Waals surface area contributed by atoms with Crippen molar-refractivity contribution in [3.05, 3.63) is 66.4 Å². The number of carbonyl (C=O) groups excluding carboxylic acids is 1. The van der Waals surface area contributed by atoms with Crippen LogP contribution >= 0.6 is 11.3 Å². The van der Waals surface area contributed by atoms with Gasteiger partial charge in [-0.05, 0) is 17.7 Å². The van der Waals surface area contributed by atoms with Gasteiger partial charge in [-0.2, -0.15) is 0 Å². The third kappa shape index (κ3) is 3.43. The molecule has 0 fully saturated rings. The molecule has 0 bridgehead atoms. The Hall–Kier alpha value is -3.19. The Labute approximate surface area is 154 Å². The van der Waals surface area contributed by atoms with Crippen molar-refractivity contribution >= 4 is 27.3 Å². The summed E-state index contributed by atoms with van der Waals surface area (Å²) >= 11 is 1.35. The molecule has 4 rings (SSSR count). The van der Waals surface area contributed by atoms with E-state index in [0.29, 0.717) is 5.13 Å². The van der Waals surface area contributed by atoms with Crippen molar-refractivity contribution in [2.45, 2.75) is 6.42 Å². The highest BCUT2D eigenvalue weighted by molar-refractivity contribution is 7.20. The average molecular weight is 364 g/mol. The van der Waals surface area contributed by atoms with Crippen molar-refractivity contribution in [1.82, 2.24) is 14.6 Å². The topological polar surface area (TPSA) is 68.5 Å². The maximum absolute atomic E-state index is 12.2. The quantitative estimate of drug-likeness (QED) is 0.587. The zero-order valence-electron chi connectivity index (χ0n) is 14.0. The van der Waals surface area contributed by atoms with E-state index >= 15 is 0 Å². The van der Waals surface area contributed by atoms with E-state index in [-0.39, 0.29) is 12.3 Å². The SMILES string of the molecule is COc1ccc(CC(=O)Nc2nn3cc(-c4ccccc4)nc3s2)cc1. The first-order chi connectivity index (χ1) is 12.7. The van der Waals surface area contributed by atoms with Crippen molar-refractivity contribution in [2.24, 2.45) is 0 Å². The summed E-state index contributed by atoms with van der Waals surface area (Å²) in [6.07, 6.45) is 2.14. The highest BCUT2D eigenvalue weighted by atomic mass is 32.1. The fourth-order valence-corrected chi connectivity index (χ4v) is 3.39. The van der Waals surface area contributed by atoms with Gasteiger partial charge in [0.05, 0.1) is 25.4 Å². The number of hydrogen-bond donors (Lipinski definition) is 1. The maximum Gasteiger partial charge on any atom is 0.230 e. The molecular weight excluding hydrogens is 348 g/mol. The van der Waals surface area contributed by atoms with Crippen LogP contribution in [0.3, 0.4) is 0 Å². The molecule has 6 nitrogen and oxygen atoms in total. The molecule has 0 atom stereocenters. The van der Waals surface area contributed by atoms with Crippen LogP contribution in [0.1, 0.15) is 5.56 Å². The second-order valence-corrected chi connectivity index (χ2v) is 6.66. The fourth-order valence-electron chi connectivity index (χ4n) is 2.59. The molecule has 2 heterocycles. The normalized spacial score (nSPS) is 10.8. The predicted octanol–water partition coefficient (Wildman–Crippen LogP) is 3.65. The van der Waals surface area contributed by atoms with Crippen LogP contribution in [0.15, 0.2) is 60.8 Å². The standard InChI is InChI=1S/C19H16N4O2S/c1-25-15-9-7-13(8-10-15)11-17(24)21-18-22-23-12-16(20-19(23)26-18)14-5-3-2-4-6-14/h2-10,12H,11H2,1H3,(H,21,22,24). The van der Waals surface area contributed by atoms with Gasteiger partial charge in [0, 0.05) is 5.56 Å². The summed E-state index contributed by atoms with van der Waals surface area (Å²) in [6, 6.07) is 17.3. The molecule has 2 aromatic carbocycles. The van der Waals surface area contributed by atoms with Crippen molar-refractivity contribution in [3.63, 3.8) is 0 Å². The maximum atomic E-state index is 12.2. The Morgan fingerprint density at radius 2 is 1.92 bits per heavy atom. The zero-order chi connectivity index (χ0) is 17.9. The molecule has 0 unspecified atom stereocenters. The molecule has 1 N–H and O–H groups in total. The van der Waals surface area contributed by atoms with Crippen LogP contribution in [0.4, 0.5) is 5.13 Å². The van der Waals surface area contributed by atoms with Gasteiger partial charge in [0.25, 0.3) is 0 Å². The molecule has 26 heavy (non-hydrogen) atoms. The van der Waals surface area contributed by atoms with Gasteiger partial charge in [-0.1, -0.05) is 53.8 Å². The van der Waals surface area contributed by atoms with E-state index in [4.69, 9.17) is 4.74 Å². The Kier molecular flexibility index (Phi) is 4.37. The lowest BCUT2D eigenvalue weighted by molar-refractivity contribution is -0.115. The first-order valence-electron chi connectivity index (χ1n) is 8.06. The summed E-state index contributed by atoms with van der Waals surface area (Å²) in [5, 5.41) is 7.75. The number of rotatable bonds is 5. The van der Waals surface area contributed by atoms with Gasteiger partial charge < -0.3 is 10.1 Å². The average Bonchev–Trinajstić information content (AvgIpc) is 3.21. The van der Waals surface area contributed by atoms with Gasteiger partial charge in [-0.3, -0.25) is 4.79 Å². The van der Waals surface area contributed by atoms with E-state index in [0.717, 1.165) is 27.5 Å². The number of nitrogens with one attached hydrogen (secondary N) is 1. The van der Waals surface area contributed by atoms with Gasteiger partial charge in [-0.25, -0.2) is 9.50 Å². The van der Waals surface area contributed by atoms with Gasteiger partial charge in [0.1, 0.15) is 5.75 Å². The Bertz CT molecular complexity index is 1010. The largest absolute Gasteiger partial charge is 0.497 e. The highest BCUT2D eigenvalue weighted by Crippen LogP contribution is 2.24. The highest BCUT2D eigenvalue weighted by Gasteiger charge is 2.12. The van der Waals surface area contributed by atoms with Crippen LogP contribution in [0.2, 0.25) is 0 Å². The minimum Gasteiger partial charge on any atom is -0.497 e. The summed E-state index contributed by atoms with van der Waals surface area (Å²) in [5.41, 5.74) is 2.81. The van der Waals surface area contributed by atoms with Crippen LogP contribution in [0, 0.1) is 0 Å². The molecule has 2 aromatic heterocycles. The van der Waals surface area contributed by atoms with Crippen LogP contribution in [0.5, 0.6) is 5.75 Å². The molecule has 1 amide bonds. The molecule has 0 saturated heterocycles. The summed E-state index contributed by atoms with van der Waals surface area (Å²) in [7, 11) is 1.61. The number of anilines is 1.